The number of hydrazine groups is 1. The lowest BCUT2D eigenvalue weighted by atomic mass is 10.00. The van der Waals surface area contributed by atoms with Crippen molar-refractivity contribution in [2.45, 2.75) is 6.04 Å². The van der Waals surface area contributed by atoms with Gasteiger partial charge in [-0.05, 0) is 33.6 Å². The Hall–Kier alpha value is -1.01. The molecule has 18 heavy (non-hydrogen) atoms. The quantitative estimate of drug-likeness (QED) is 0.671. The molecular weight excluding hydrogens is 321 g/mol. The Kier molecular flexibility index (Phi) is 4.29. The highest BCUT2D eigenvalue weighted by Gasteiger charge is 2.19. The lowest BCUT2D eigenvalue weighted by molar-refractivity contribution is 0.555. The highest BCUT2D eigenvalue weighted by atomic mass is 79.9. The number of pyridine rings is 1. The summed E-state index contributed by atoms with van der Waals surface area (Å²) in [6.45, 7) is 0. The first-order valence-corrected chi connectivity index (χ1v) is 6.31. The molecule has 6 heteroatoms. The van der Waals surface area contributed by atoms with E-state index in [2.05, 4.69) is 26.3 Å². The molecule has 1 atom stereocenters. The third kappa shape index (κ3) is 2.54. The van der Waals surface area contributed by atoms with Crippen molar-refractivity contribution in [2.24, 2.45) is 5.84 Å². The predicted molar refractivity (Wildman–Crippen MR) is 72.5 cm³/mol. The van der Waals surface area contributed by atoms with Crippen LogP contribution >= 0.6 is 27.5 Å². The Morgan fingerprint density at radius 1 is 1.33 bits per heavy atom. The molecule has 0 spiro atoms. The van der Waals surface area contributed by atoms with Crippen LogP contribution < -0.4 is 11.3 Å². The van der Waals surface area contributed by atoms with E-state index in [1.807, 2.05) is 12.1 Å². The molecule has 0 aliphatic heterocycles. The molecule has 0 aliphatic rings. The van der Waals surface area contributed by atoms with Gasteiger partial charge in [-0.25, -0.2) is 9.82 Å². The number of benzene rings is 1. The molecule has 0 radical (unpaired) electrons. The van der Waals surface area contributed by atoms with Gasteiger partial charge >= 0.3 is 0 Å². The fourth-order valence-electron chi connectivity index (χ4n) is 1.71. The number of rotatable bonds is 3. The third-order valence-corrected chi connectivity index (χ3v) is 3.88. The minimum Gasteiger partial charge on any atom is -0.271 e. The summed E-state index contributed by atoms with van der Waals surface area (Å²) in [7, 11) is 0. The Bertz CT molecular complexity index is 565. The molecule has 0 amide bonds. The molecule has 0 bridgehead atoms. The topological polar surface area (TPSA) is 50.9 Å². The van der Waals surface area contributed by atoms with E-state index < -0.39 is 11.9 Å². The molecule has 0 fully saturated rings. The second-order valence-corrected chi connectivity index (χ2v) is 4.87. The number of nitrogens with two attached hydrogens (primary N) is 1. The van der Waals surface area contributed by atoms with Crippen LogP contribution in [0.15, 0.2) is 41.1 Å². The molecule has 2 rings (SSSR count). The molecule has 0 saturated carbocycles. The number of hydrogen-bond donors (Lipinski definition) is 2. The Morgan fingerprint density at radius 2 is 2.11 bits per heavy atom. The van der Waals surface area contributed by atoms with Crippen LogP contribution in [0.25, 0.3) is 0 Å². The summed E-state index contributed by atoms with van der Waals surface area (Å²) in [6, 6.07) is 6.45. The lowest BCUT2D eigenvalue weighted by Crippen LogP contribution is -2.29. The molecule has 0 saturated heterocycles. The number of nitrogens with one attached hydrogen (secondary N) is 1. The van der Waals surface area contributed by atoms with Crippen molar-refractivity contribution >= 4 is 27.5 Å². The maximum absolute atomic E-state index is 13.7. The zero-order valence-corrected chi connectivity index (χ0v) is 11.5. The summed E-state index contributed by atoms with van der Waals surface area (Å²) in [5.41, 5.74) is 3.66. The maximum Gasteiger partial charge on any atom is 0.146 e. The van der Waals surface area contributed by atoms with E-state index in [-0.39, 0.29) is 0 Å². The van der Waals surface area contributed by atoms with E-state index in [9.17, 15) is 4.39 Å². The van der Waals surface area contributed by atoms with Gasteiger partial charge in [0.25, 0.3) is 0 Å². The van der Waals surface area contributed by atoms with Gasteiger partial charge in [-0.1, -0.05) is 23.7 Å². The van der Waals surface area contributed by atoms with Crippen molar-refractivity contribution in [1.82, 2.24) is 10.4 Å². The van der Waals surface area contributed by atoms with Gasteiger partial charge in [-0.2, -0.15) is 0 Å². The van der Waals surface area contributed by atoms with Gasteiger partial charge in [0.2, 0.25) is 0 Å². The average molecular weight is 331 g/mol. The van der Waals surface area contributed by atoms with Crippen LogP contribution in [0.3, 0.4) is 0 Å². The lowest BCUT2D eigenvalue weighted by Gasteiger charge is -2.19. The van der Waals surface area contributed by atoms with Crippen molar-refractivity contribution in [3.63, 3.8) is 0 Å². The number of halogens is 3. The second kappa shape index (κ2) is 5.75. The normalized spacial score (nSPS) is 12.4. The standard InChI is InChI=1S/C12H10BrClFN3/c13-9-3-1-2-8(11(9)14)12(18-16)7-4-5-17-6-10(7)15/h1-6,12,18H,16H2. The summed E-state index contributed by atoms with van der Waals surface area (Å²) >= 11 is 9.52. The van der Waals surface area contributed by atoms with Gasteiger partial charge in [0.15, 0.2) is 0 Å². The second-order valence-electron chi connectivity index (χ2n) is 3.64. The first-order chi connectivity index (χ1) is 8.65. The highest BCUT2D eigenvalue weighted by Crippen LogP contribution is 2.33. The van der Waals surface area contributed by atoms with E-state index in [0.29, 0.717) is 16.1 Å². The van der Waals surface area contributed by atoms with Gasteiger partial charge in [-0.15, -0.1) is 0 Å². The van der Waals surface area contributed by atoms with Crippen LogP contribution in [-0.2, 0) is 0 Å². The largest absolute Gasteiger partial charge is 0.271 e. The molecule has 1 unspecified atom stereocenters. The van der Waals surface area contributed by atoms with Crippen LogP contribution in [0.2, 0.25) is 5.02 Å². The molecule has 0 aliphatic carbocycles. The van der Waals surface area contributed by atoms with Gasteiger partial charge in [0, 0.05) is 16.2 Å². The number of aromatic nitrogens is 1. The molecule has 2 aromatic rings. The van der Waals surface area contributed by atoms with Crippen LogP contribution in [0.4, 0.5) is 4.39 Å². The molecule has 1 aromatic carbocycles. The van der Waals surface area contributed by atoms with Crippen molar-refractivity contribution in [3.8, 4) is 0 Å². The highest BCUT2D eigenvalue weighted by molar-refractivity contribution is 9.10. The van der Waals surface area contributed by atoms with Crippen LogP contribution in [-0.4, -0.2) is 4.98 Å². The van der Waals surface area contributed by atoms with Crippen LogP contribution in [0.5, 0.6) is 0 Å². The molecular formula is C12H10BrClFN3. The first kappa shape index (κ1) is 13.4. The molecule has 94 valence electrons. The SMILES string of the molecule is NNC(c1ccncc1F)c1cccc(Br)c1Cl. The Morgan fingerprint density at radius 3 is 2.78 bits per heavy atom. The zero-order chi connectivity index (χ0) is 13.1. The summed E-state index contributed by atoms with van der Waals surface area (Å²) in [4.78, 5) is 3.71. The Labute approximate surface area is 117 Å². The van der Waals surface area contributed by atoms with E-state index in [1.165, 1.54) is 6.20 Å². The van der Waals surface area contributed by atoms with Gasteiger partial charge < -0.3 is 0 Å². The van der Waals surface area contributed by atoms with Gasteiger partial charge in [-0.3, -0.25) is 10.8 Å². The van der Waals surface area contributed by atoms with E-state index in [0.717, 1.165) is 10.7 Å². The molecule has 3 nitrogen and oxygen atoms in total. The summed E-state index contributed by atoms with van der Waals surface area (Å²) in [6.07, 6.45) is 2.65. The van der Waals surface area contributed by atoms with Gasteiger partial charge in [0.1, 0.15) is 5.82 Å². The maximum atomic E-state index is 13.7. The molecule has 3 N–H and O–H groups in total. The summed E-state index contributed by atoms with van der Waals surface area (Å²) in [5.74, 6) is 5.08. The fourth-order valence-corrected chi connectivity index (χ4v) is 2.33. The number of hydrogen-bond acceptors (Lipinski definition) is 3. The minimum atomic E-state index is -0.530. The van der Waals surface area contributed by atoms with Crippen molar-refractivity contribution in [1.29, 1.82) is 0 Å². The number of nitrogens with zero attached hydrogens (tertiary/aromatic N) is 1. The molecule has 1 aromatic heterocycles. The van der Waals surface area contributed by atoms with E-state index in [4.69, 9.17) is 17.4 Å². The third-order valence-electron chi connectivity index (χ3n) is 2.57. The fraction of sp³-hybridized carbons (Fsp3) is 0.0833. The monoisotopic (exact) mass is 329 g/mol. The molecule has 1 heterocycles. The predicted octanol–water partition coefficient (Wildman–Crippen LogP) is 3.19. The first-order valence-electron chi connectivity index (χ1n) is 5.14. The van der Waals surface area contributed by atoms with Crippen molar-refractivity contribution < 1.29 is 4.39 Å². The van der Waals surface area contributed by atoms with Crippen LogP contribution in [0.1, 0.15) is 17.2 Å². The Balaban J connectivity index is 2.53. The zero-order valence-electron chi connectivity index (χ0n) is 9.20. The summed E-state index contributed by atoms with van der Waals surface area (Å²) < 4.78 is 14.5. The summed E-state index contributed by atoms with van der Waals surface area (Å²) in [5, 5.41) is 0.497. The smallest absolute Gasteiger partial charge is 0.146 e. The minimum absolute atomic E-state index is 0.396. The van der Waals surface area contributed by atoms with Crippen LogP contribution in [0, 0.1) is 5.82 Å². The van der Waals surface area contributed by atoms with Crippen molar-refractivity contribution in [2.75, 3.05) is 0 Å². The van der Waals surface area contributed by atoms with E-state index in [1.54, 1.807) is 12.1 Å². The van der Waals surface area contributed by atoms with Crippen molar-refractivity contribution in [3.05, 3.63) is 63.1 Å². The van der Waals surface area contributed by atoms with E-state index >= 15 is 0 Å². The average Bonchev–Trinajstić information content (AvgIpc) is 2.37. The van der Waals surface area contributed by atoms with Gasteiger partial charge in [0.05, 0.1) is 17.3 Å².